The monoisotopic (exact) mass is 423 g/mol. The van der Waals surface area contributed by atoms with Gasteiger partial charge in [-0.15, -0.1) is 11.3 Å². The van der Waals surface area contributed by atoms with Crippen LogP contribution in [0.25, 0.3) is 0 Å². The first kappa shape index (κ1) is 20.4. The van der Waals surface area contributed by atoms with Gasteiger partial charge in [-0.25, -0.2) is 4.79 Å². The number of ether oxygens (including phenoxy) is 1. The number of nitrogens with one attached hydrogen (secondary N) is 1. The zero-order chi connectivity index (χ0) is 21.4. The molecule has 5 nitrogen and oxygen atoms in total. The molecule has 0 radical (unpaired) electrons. The van der Waals surface area contributed by atoms with Crippen LogP contribution in [0.5, 0.6) is 5.75 Å². The summed E-state index contributed by atoms with van der Waals surface area (Å²) >= 11 is 1.64. The maximum Gasteiger partial charge on any atom is 0.336 e. The number of phenolic OH excluding ortho intramolecular Hbond substituents is 1. The number of phenols is 1. The van der Waals surface area contributed by atoms with E-state index in [1.54, 1.807) is 43.4 Å². The Morgan fingerprint density at radius 3 is 2.70 bits per heavy atom. The van der Waals surface area contributed by atoms with E-state index in [1.165, 1.54) is 0 Å². The van der Waals surface area contributed by atoms with E-state index in [1.807, 2.05) is 30.5 Å². The van der Waals surface area contributed by atoms with Crippen LogP contribution < -0.4 is 5.32 Å². The molecule has 1 aliphatic heterocycles. The quantitative estimate of drug-likeness (QED) is 0.702. The second-order valence-corrected chi connectivity index (χ2v) is 9.06. The molecule has 2 heterocycles. The SMILES string of the molecule is CC1=C(C(=O)OC(C)C)C(c2cccc(O)c2)C2C(=O)CC(c3cccs3)C=C2N1. The van der Waals surface area contributed by atoms with E-state index in [0.717, 1.165) is 16.1 Å². The molecule has 1 aromatic heterocycles. The number of fused-ring (bicyclic) bond motifs is 1. The van der Waals surface area contributed by atoms with Gasteiger partial charge in [0, 0.05) is 34.5 Å². The summed E-state index contributed by atoms with van der Waals surface area (Å²) in [6.07, 6.45) is 2.23. The summed E-state index contributed by atoms with van der Waals surface area (Å²) in [7, 11) is 0. The average Bonchev–Trinajstić information content (AvgIpc) is 3.21. The lowest BCUT2D eigenvalue weighted by Crippen LogP contribution is -2.42. The molecule has 30 heavy (non-hydrogen) atoms. The van der Waals surface area contributed by atoms with E-state index in [4.69, 9.17) is 4.74 Å². The minimum absolute atomic E-state index is 0.0260. The predicted molar refractivity (Wildman–Crippen MR) is 116 cm³/mol. The van der Waals surface area contributed by atoms with Crippen molar-refractivity contribution in [3.05, 3.63) is 75.3 Å². The molecule has 4 rings (SSSR count). The number of carbonyl (C=O) groups is 2. The van der Waals surface area contributed by atoms with Crippen LogP contribution in [0.3, 0.4) is 0 Å². The Labute approximate surface area is 180 Å². The standard InChI is InChI=1S/C24H25NO4S/c1-13(2)29-24(28)21-14(3)25-18-11-16(20-8-5-9-30-20)12-19(27)23(18)22(21)15-6-4-7-17(26)10-15/h4-11,13,16,22-23,25-26H,12H2,1-3H3. The van der Waals surface area contributed by atoms with Gasteiger partial charge in [0.15, 0.2) is 0 Å². The maximum absolute atomic E-state index is 13.4. The van der Waals surface area contributed by atoms with Gasteiger partial charge in [-0.1, -0.05) is 24.3 Å². The Balaban J connectivity index is 1.84. The van der Waals surface area contributed by atoms with Gasteiger partial charge in [-0.2, -0.15) is 0 Å². The molecular weight excluding hydrogens is 398 g/mol. The van der Waals surface area contributed by atoms with Crippen LogP contribution in [-0.2, 0) is 14.3 Å². The summed E-state index contributed by atoms with van der Waals surface area (Å²) in [5.74, 6) is -1.25. The minimum atomic E-state index is -0.513. The fourth-order valence-corrected chi connectivity index (χ4v) is 5.18. The van der Waals surface area contributed by atoms with Crippen molar-refractivity contribution < 1.29 is 19.4 Å². The molecule has 2 N–H and O–H groups in total. The van der Waals surface area contributed by atoms with Crippen molar-refractivity contribution in [2.75, 3.05) is 0 Å². The van der Waals surface area contributed by atoms with E-state index >= 15 is 0 Å². The number of esters is 1. The molecule has 0 spiro atoms. The van der Waals surface area contributed by atoms with Gasteiger partial charge in [0.2, 0.25) is 0 Å². The number of rotatable bonds is 4. The van der Waals surface area contributed by atoms with Crippen LogP contribution in [0.4, 0.5) is 0 Å². The number of ketones is 1. The van der Waals surface area contributed by atoms with E-state index in [0.29, 0.717) is 17.7 Å². The Morgan fingerprint density at radius 1 is 1.23 bits per heavy atom. The highest BCUT2D eigenvalue weighted by atomic mass is 32.1. The predicted octanol–water partition coefficient (Wildman–Crippen LogP) is 4.62. The van der Waals surface area contributed by atoms with Gasteiger partial charge >= 0.3 is 5.97 Å². The smallest absolute Gasteiger partial charge is 0.336 e. The zero-order valence-corrected chi connectivity index (χ0v) is 18.0. The second kappa shape index (κ2) is 8.11. The van der Waals surface area contributed by atoms with Crippen molar-refractivity contribution in [3.8, 4) is 5.75 Å². The Kier molecular flexibility index (Phi) is 5.52. The number of hydrogen-bond donors (Lipinski definition) is 2. The van der Waals surface area contributed by atoms with Crippen molar-refractivity contribution in [1.82, 2.24) is 5.32 Å². The molecule has 0 amide bonds. The van der Waals surface area contributed by atoms with Crippen molar-refractivity contribution in [2.24, 2.45) is 5.92 Å². The number of hydrogen-bond acceptors (Lipinski definition) is 6. The van der Waals surface area contributed by atoms with Gasteiger partial charge in [0.1, 0.15) is 11.5 Å². The van der Waals surface area contributed by atoms with E-state index in [-0.39, 0.29) is 23.6 Å². The van der Waals surface area contributed by atoms with Crippen molar-refractivity contribution >= 4 is 23.1 Å². The first-order valence-electron chi connectivity index (χ1n) is 10.1. The van der Waals surface area contributed by atoms with Crippen molar-refractivity contribution in [2.45, 2.75) is 45.1 Å². The second-order valence-electron chi connectivity index (χ2n) is 8.08. The normalized spacial score (nSPS) is 23.7. The summed E-state index contributed by atoms with van der Waals surface area (Å²) in [5, 5.41) is 15.4. The number of thiophene rings is 1. The summed E-state index contributed by atoms with van der Waals surface area (Å²) in [5.41, 5.74) is 2.66. The van der Waals surface area contributed by atoms with E-state index in [9.17, 15) is 14.7 Å². The first-order chi connectivity index (χ1) is 14.3. The first-order valence-corrected chi connectivity index (χ1v) is 11.0. The molecular formula is C24H25NO4S. The van der Waals surface area contributed by atoms with Crippen LogP contribution >= 0.6 is 11.3 Å². The van der Waals surface area contributed by atoms with E-state index < -0.39 is 17.8 Å². The molecule has 2 aromatic rings. The summed E-state index contributed by atoms with van der Waals surface area (Å²) in [6, 6.07) is 10.8. The molecule has 1 aliphatic carbocycles. The van der Waals surface area contributed by atoms with Gasteiger partial charge in [0.25, 0.3) is 0 Å². The molecule has 0 saturated carbocycles. The highest BCUT2D eigenvalue weighted by molar-refractivity contribution is 7.10. The van der Waals surface area contributed by atoms with Crippen molar-refractivity contribution in [1.29, 1.82) is 0 Å². The third-order valence-corrected chi connectivity index (χ3v) is 6.57. The lowest BCUT2D eigenvalue weighted by Gasteiger charge is -2.39. The number of allylic oxidation sites excluding steroid dienone is 3. The largest absolute Gasteiger partial charge is 0.508 e. The molecule has 6 heteroatoms. The molecule has 3 unspecified atom stereocenters. The van der Waals surface area contributed by atoms with Gasteiger partial charge < -0.3 is 15.2 Å². The summed E-state index contributed by atoms with van der Waals surface area (Å²) < 4.78 is 5.51. The highest BCUT2D eigenvalue weighted by Crippen LogP contribution is 2.47. The fourth-order valence-electron chi connectivity index (χ4n) is 4.39. The average molecular weight is 424 g/mol. The number of benzene rings is 1. The number of carbonyl (C=O) groups excluding carboxylic acids is 2. The van der Waals surface area contributed by atoms with Gasteiger partial charge in [-0.3, -0.25) is 4.79 Å². The Bertz CT molecular complexity index is 1040. The van der Waals surface area contributed by atoms with Gasteiger partial charge in [-0.05, 0) is 49.9 Å². The number of Topliss-reactive ketones (excluding diaryl/α,β-unsaturated/α-hetero) is 1. The lowest BCUT2D eigenvalue weighted by molar-refractivity contribution is -0.143. The Morgan fingerprint density at radius 2 is 2.03 bits per heavy atom. The molecule has 2 aliphatic rings. The van der Waals surface area contributed by atoms with Crippen LogP contribution in [0, 0.1) is 5.92 Å². The molecule has 1 aromatic carbocycles. The topological polar surface area (TPSA) is 75.6 Å². The maximum atomic E-state index is 13.4. The third kappa shape index (κ3) is 3.79. The zero-order valence-electron chi connectivity index (χ0n) is 17.2. The molecule has 156 valence electrons. The van der Waals surface area contributed by atoms with Crippen LogP contribution in [0.1, 0.15) is 49.5 Å². The molecule has 0 fully saturated rings. The van der Waals surface area contributed by atoms with Gasteiger partial charge in [0.05, 0.1) is 17.6 Å². The van der Waals surface area contributed by atoms with Crippen LogP contribution in [0.2, 0.25) is 0 Å². The molecule has 3 atom stereocenters. The summed E-state index contributed by atoms with van der Waals surface area (Å²) in [6.45, 7) is 5.44. The van der Waals surface area contributed by atoms with E-state index in [2.05, 4.69) is 11.4 Å². The van der Waals surface area contributed by atoms with Crippen molar-refractivity contribution in [3.63, 3.8) is 0 Å². The summed E-state index contributed by atoms with van der Waals surface area (Å²) in [4.78, 5) is 27.5. The molecule has 0 bridgehead atoms. The van der Waals surface area contributed by atoms with Crippen LogP contribution in [0.15, 0.2) is 64.8 Å². The Hall–Kier alpha value is -2.86. The third-order valence-electron chi connectivity index (χ3n) is 5.56. The fraction of sp³-hybridized carbons (Fsp3) is 0.333. The lowest BCUT2D eigenvalue weighted by atomic mass is 9.69. The number of aromatic hydroxyl groups is 1. The molecule has 0 saturated heterocycles. The minimum Gasteiger partial charge on any atom is -0.508 e. The highest BCUT2D eigenvalue weighted by Gasteiger charge is 2.45. The van der Waals surface area contributed by atoms with Crippen LogP contribution in [-0.4, -0.2) is 23.0 Å².